The second kappa shape index (κ2) is 5.99. The van der Waals surface area contributed by atoms with Crippen LogP contribution in [0.4, 0.5) is 0 Å². The highest BCUT2D eigenvalue weighted by Crippen LogP contribution is 2.26. The van der Waals surface area contributed by atoms with Crippen LogP contribution in [-0.4, -0.2) is 48.8 Å². The van der Waals surface area contributed by atoms with Crippen LogP contribution in [-0.2, 0) is 0 Å². The van der Waals surface area contributed by atoms with Crippen molar-refractivity contribution in [1.29, 1.82) is 0 Å². The zero-order valence-electron chi connectivity index (χ0n) is 10.5. The first-order valence-electron chi connectivity index (χ1n) is 6.90. The summed E-state index contributed by atoms with van der Waals surface area (Å²) in [6.45, 7) is 7.63. The first-order valence-corrected chi connectivity index (χ1v) is 6.90. The van der Waals surface area contributed by atoms with Gasteiger partial charge in [-0.25, -0.2) is 0 Å². The fraction of sp³-hybridized carbons (Fsp3) is 1.00. The molecule has 0 aliphatic carbocycles. The lowest BCUT2D eigenvalue weighted by Crippen LogP contribution is -2.55. The molecule has 0 aromatic rings. The molecule has 2 fully saturated rings. The lowest BCUT2D eigenvalue weighted by molar-refractivity contribution is 0.0655. The normalized spacial score (nSPS) is 26.6. The Morgan fingerprint density at radius 3 is 2.44 bits per heavy atom. The van der Waals surface area contributed by atoms with E-state index in [9.17, 15) is 0 Å². The number of nitrogens with one attached hydrogen (secondary N) is 1. The van der Waals surface area contributed by atoms with Crippen molar-refractivity contribution in [2.75, 3.05) is 32.8 Å². The summed E-state index contributed by atoms with van der Waals surface area (Å²) in [6, 6.07) is 0.802. The molecule has 2 N–H and O–H groups in total. The van der Waals surface area contributed by atoms with Crippen LogP contribution in [0.2, 0.25) is 0 Å². The molecule has 94 valence electrons. The van der Waals surface area contributed by atoms with Crippen LogP contribution >= 0.6 is 0 Å². The Morgan fingerprint density at radius 1 is 1.31 bits per heavy atom. The largest absolute Gasteiger partial charge is 0.396 e. The van der Waals surface area contributed by atoms with Gasteiger partial charge >= 0.3 is 0 Å². The molecule has 2 saturated heterocycles. The van der Waals surface area contributed by atoms with Crippen LogP contribution in [0, 0.1) is 11.8 Å². The lowest BCUT2D eigenvalue weighted by atomic mass is 9.87. The third-order valence-electron chi connectivity index (χ3n) is 4.43. The van der Waals surface area contributed by atoms with E-state index in [1.165, 1.54) is 45.4 Å². The zero-order valence-corrected chi connectivity index (χ0v) is 10.5. The summed E-state index contributed by atoms with van der Waals surface area (Å²) in [5, 5.41) is 12.3. The Balaban J connectivity index is 1.77. The summed E-state index contributed by atoms with van der Waals surface area (Å²) >= 11 is 0. The van der Waals surface area contributed by atoms with Gasteiger partial charge in [-0.15, -0.1) is 0 Å². The highest BCUT2D eigenvalue weighted by molar-refractivity contribution is 4.89. The van der Waals surface area contributed by atoms with Crippen LogP contribution in [0.1, 0.15) is 32.6 Å². The Kier molecular flexibility index (Phi) is 4.62. The summed E-state index contributed by atoms with van der Waals surface area (Å²) in [4.78, 5) is 2.69. The summed E-state index contributed by atoms with van der Waals surface area (Å²) in [7, 11) is 0. The number of piperidine rings is 1. The molecule has 2 aliphatic rings. The second-order valence-corrected chi connectivity index (χ2v) is 5.39. The second-order valence-electron chi connectivity index (χ2n) is 5.39. The van der Waals surface area contributed by atoms with Gasteiger partial charge in [0.25, 0.3) is 0 Å². The van der Waals surface area contributed by atoms with Gasteiger partial charge in [0.05, 0.1) is 0 Å². The standard InChI is InChI=1S/C13H26N2O/c1-2-13(12-9-14-10-12)15-6-3-11(4-7-15)5-8-16/h11-14,16H,2-10H2,1H3. The zero-order chi connectivity index (χ0) is 11.4. The monoisotopic (exact) mass is 226 g/mol. The van der Waals surface area contributed by atoms with Crippen molar-refractivity contribution in [2.24, 2.45) is 11.8 Å². The van der Waals surface area contributed by atoms with Gasteiger partial charge < -0.3 is 15.3 Å². The van der Waals surface area contributed by atoms with E-state index < -0.39 is 0 Å². The van der Waals surface area contributed by atoms with E-state index in [1.54, 1.807) is 0 Å². The minimum atomic E-state index is 0.369. The molecule has 0 spiro atoms. The van der Waals surface area contributed by atoms with E-state index in [0.717, 1.165) is 24.3 Å². The lowest BCUT2D eigenvalue weighted by Gasteiger charge is -2.44. The Hall–Kier alpha value is -0.120. The molecule has 0 radical (unpaired) electrons. The van der Waals surface area contributed by atoms with Crippen LogP contribution in [0.25, 0.3) is 0 Å². The Morgan fingerprint density at radius 2 is 2.00 bits per heavy atom. The number of aliphatic hydroxyl groups excluding tert-OH is 1. The third-order valence-corrected chi connectivity index (χ3v) is 4.43. The summed E-state index contributed by atoms with van der Waals surface area (Å²) in [5.74, 6) is 1.66. The van der Waals surface area contributed by atoms with Crippen molar-refractivity contribution in [1.82, 2.24) is 10.2 Å². The molecule has 2 rings (SSSR count). The first kappa shape index (κ1) is 12.3. The SMILES string of the molecule is CCC(C1CNC1)N1CCC(CCO)CC1. The molecule has 0 amide bonds. The molecule has 3 heteroatoms. The van der Waals surface area contributed by atoms with Crippen molar-refractivity contribution < 1.29 is 5.11 Å². The first-order chi connectivity index (χ1) is 7.85. The predicted octanol–water partition coefficient (Wildman–Crippen LogP) is 1.08. The number of nitrogens with zero attached hydrogens (tertiary/aromatic N) is 1. The van der Waals surface area contributed by atoms with Crippen molar-refractivity contribution in [3.8, 4) is 0 Å². The number of aliphatic hydroxyl groups is 1. The molecule has 1 unspecified atom stereocenters. The Bertz CT molecular complexity index is 198. The number of hydrogen-bond donors (Lipinski definition) is 2. The van der Waals surface area contributed by atoms with E-state index in [2.05, 4.69) is 17.1 Å². The van der Waals surface area contributed by atoms with Crippen molar-refractivity contribution in [3.63, 3.8) is 0 Å². The summed E-state index contributed by atoms with van der Waals surface area (Å²) in [5.41, 5.74) is 0. The summed E-state index contributed by atoms with van der Waals surface area (Å²) in [6.07, 6.45) is 4.88. The molecule has 0 aromatic heterocycles. The number of hydrogen-bond acceptors (Lipinski definition) is 3. The van der Waals surface area contributed by atoms with Crippen LogP contribution < -0.4 is 5.32 Å². The highest BCUT2D eigenvalue weighted by Gasteiger charge is 2.32. The summed E-state index contributed by atoms with van der Waals surface area (Å²) < 4.78 is 0. The van der Waals surface area contributed by atoms with Crippen molar-refractivity contribution in [3.05, 3.63) is 0 Å². The smallest absolute Gasteiger partial charge is 0.0433 e. The molecular weight excluding hydrogens is 200 g/mol. The molecule has 3 nitrogen and oxygen atoms in total. The van der Waals surface area contributed by atoms with Crippen molar-refractivity contribution in [2.45, 2.75) is 38.6 Å². The molecule has 16 heavy (non-hydrogen) atoms. The minimum Gasteiger partial charge on any atom is -0.396 e. The van der Waals surface area contributed by atoms with Crippen LogP contribution in [0.3, 0.4) is 0 Å². The van der Waals surface area contributed by atoms with Crippen LogP contribution in [0.15, 0.2) is 0 Å². The predicted molar refractivity (Wildman–Crippen MR) is 66.4 cm³/mol. The Labute approximate surface area is 99.2 Å². The molecule has 2 aliphatic heterocycles. The third kappa shape index (κ3) is 2.76. The van der Waals surface area contributed by atoms with Gasteiger partial charge in [-0.05, 0) is 50.6 Å². The average molecular weight is 226 g/mol. The molecule has 2 heterocycles. The molecular formula is C13H26N2O. The number of likely N-dealkylation sites (tertiary alicyclic amines) is 1. The van der Waals surface area contributed by atoms with E-state index in [0.29, 0.717) is 6.61 Å². The van der Waals surface area contributed by atoms with Gasteiger partial charge in [-0.1, -0.05) is 6.92 Å². The topological polar surface area (TPSA) is 35.5 Å². The molecule has 1 atom stereocenters. The van der Waals surface area contributed by atoms with E-state index >= 15 is 0 Å². The van der Waals surface area contributed by atoms with Gasteiger partial charge in [0, 0.05) is 25.7 Å². The maximum atomic E-state index is 8.95. The fourth-order valence-electron chi connectivity index (χ4n) is 3.23. The maximum absolute atomic E-state index is 8.95. The molecule has 0 aromatic carbocycles. The molecule has 0 saturated carbocycles. The fourth-order valence-corrected chi connectivity index (χ4v) is 3.23. The van der Waals surface area contributed by atoms with Gasteiger partial charge in [0.2, 0.25) is 0 Å². The van der Waals surface area contributed by atoms with Gasteiger partial charge in [-0.2, -0.15) is 0 Å². The van der Waals surface area contributed by atoms with Gasteiger partial charge in [-0.3, -0.25) is 0 Å². The van der Waals surface area contributed by atoms with E-state index in [1.807, 2.05) is 0 Å². The quantitative estimate of drug-likeness (QED) is 0.736. The van der Waals surface area contributed by atoms with Crippen molar-refractivity contribution >= 4 is 0 Å². The van der Waals surface area contributed by atoms with Gasteiger partial charge in [0.15, 0.2) is 0 Å². The maximum Gasteiger partial charge on any atom is 0.0433 e. The highest BCUT2D eigenvalue weighted by atomic mass is 16.3. The van der Waals surface area contributed by atoms with E-state index in [-0.39, 0.29) is 0 Å². The van der Waals surface area contributed by atoms with Crippen LogP contribution in [0.5, 0.6) is 0 Å². The minimum absolute atomic E-state index is 0.369. The van der Waals surface area contributed by atoms with E-state index in [4.69, 9.17) is 5.11 Å². The number of rotatable bonds is 5. The average Bonchev–Trinajstić information content (AvgIpc) is 2.25. The molecule has 0 bridgehead atoms. The van der Waals surface area contributed by atoms with Gasteiger partial charge in [0.1, 0.15) is 0 Å².